The number of aryl methyl sites for hydroxylation is 1. The molecule has 1 heterocycles. The summed E-state index contributed by atoms with van der Waals surface area (Å²) in [5, 5.41) is 2.04. The van der Waals surface area contributed by atoms with Gasteiger partial charge in [-0.15, -0.1) is 11.3 Å². The first-order valence-electron chi connectivity index (χ1n) is 6.21. The fourth-order valence-electron chi connectivity index (χ4n) is 2.40. The topological polar surface area (TPSA) is 17.1 Å². The molecule has 1 aromatic heterocycles. The van der Waals surface area contributed by atoms with E-state index in [4.69, 9.17) is 0 Å². The Morgan fingerprint density at radius 1 is 1.06 bits per heavy atom. The molecule has 1 aromatic carbocycles. The van der Waals surface area contributed by atoms with Crippen LogP contribution in [0.4, 0.5) is 0 Å². The van der Waals surface area contributed by atoms with Crippen molar-refractivity contribution < 1.29 is 4.79 Å². The van der Waals surface area contributed by atoms with Crippen LogP contribution < -0.4 is 0 Å². The number of allylic oxidation sites excluding steroid dienone is 1. The molecule has 2 aromatic rings. The van der Waals surface area contributed by atoms with Crippen molar-refractivity contribution in [3.05, 3.63) is 63.4 Å². The molecule has 1 aliphatic rings. The van der Waals surface area contributed by atoms with Gasteiger partial charge >= 0.3 is 0 Å². The highest BCUT2D eigenvalue weighted by Gasteiger charge is 2.19. The van der Waals surface area contributed by atoms with Gasteiger partial charge in [-0.3, -0.25) is 4.79 Å². The van der Waals surface area contributed by atoms with E-state index in [1.165, 1.54) is 5.56 Å². The predicted molar refractivity (Wildman–Crippen MR) is 76.0 cm³/mol. The second kappa shape index (κ2) is 4.91. The highest BCUT2D eigenvalue weighted by atomic mass is 32.1. The Morgan fingerprint density at radius 2 is 1.94 bits per heavy atom. The number of rotatable bonds is 1. The number of fused-ring (bicyclic) bond motifs is 1. The molecule has 0 fully saturated rings. The third kappa shape index (κ3) is 2.16. The molecule has 0 saturated carbocycles. The molecule has 1 nitrogen and oxygen atoms in total. The van der Waals surface area contributed by atoms with Gasteiger partial charge in [-0.05, 0) is 42.3 Å². The van der Waals surface area contributed by atoms with Gasteiger partial charge in [0.15, 0.2) is 5.78 Å². The molecule has 0 unspecified atom stereocenters. The van der Waals surface area contributed by atoms with Gasteiger partial charge in [-0.1, -0.05) is 30.3 Å². The van der Waals surface area contributed by atoms with Crippen LogP contribution in [0.1, 0.15) is 33.6 Å². The van der Waals surface area contributed by atoms with Crippen LogP contribution in [0.15, 0.2) is 47.4 Å². The van der Waals surface area contributed by atoms with Gasteiger partial charge in [0.1, 0.15) is 0 Å². The van der Waals surface area contributed by atoms with E-state index < -0.39 is 0 Å². The summed E-state index contributed by atoms with van der Waals surface area (Å²) >= 11 is 1.68. The molecular formula is C16H14OS. The van der Waals surface area contributed by atoms with Crippen LogP contribution in [0.2, 0.25) is 0 Å². The summed E-state index contributed by atoms with van der Waals surface area (Å²) < 4.78 is 0. The number of ketones is 1. The summed E-state index contributed by atoms with van der Waals surface area (Å²) in [4.78, 5) is 13.7. The molecular weight excluding hydrogens is 240 g/mol. The first-order valence-corrected chi connectivity index (χ1v) is 7.09. The zero-order valence-electron chi connectivity index (χ0n) is 10.1. The average Bonchev–Trinajstić information content (AvgIpc) is 2.85. The number of carbonyl (C=O) groups is 1. The fourth-order valence-corrected chi connectivity index (χ4v) is 3.08. The Hall–Kier alpha value is -1.67. The lowest BCUT2D eigenvalue weighted by Gasteiger charge is -2.04. The van der Waals surface area contributed by atoms with Gasteiger partial charge < -0.3 is 0 Å². The van der Waals surface area contributed by atoms with E-state index in [9.17, 15) is 4.79 Å². The van der Waals surface area contributed by atoms with Crippen LogP contribution in [-0.2, 0) is 6.42 Å². The number of hydrogen-bond acceptors (Lipinski definition) is 2. The Morgan fingerprint density at radius 3 is 2.78 bits per heavy atom. The van der Waals surface area contributed by atoms with E-state index in [0.29, 0.717) is 0 Å². The van der Waals surface area contributed by atoms with E-state index >= 15 is 0 Å². The summed E-state index contributed by atoms with van der Waals surface area (Å²) in [5.41, 5.74) is 3.03. The van der Waals surface area contributed by atoms with Crippen LogP contribution >= 0.6 is 11.3 Å². The smallest absolute Gasteiger partial charge is 0.189 e. The highest BCUT2D eigenvalue weighted by molar-refractivity contribution is 7.10. The Kier molecular flexibility index (Phi) is 3.11. The van der Waals surface area contributed by atoms with Crippen molar-refractivity contribution in [1.82, 2.24) is 0 Å². The third-order valence-corrected chi connectivity index (χ3v) is 4.12. The van der Waals surface area contributed by atoms with E-state index in [1.54, 1.807) is 11.3 Å². The molecule has 90 valence electrons. The molecule has 0 bridgehead atoms. The van der Waals surface area contributed by atoms with Crippen LogP contribution in [0, 0.1) is 0 Å². The van der Waals surface area contributed by atoms with Gasteiger partial charge in [0, 0.05) is 16.0 Å². The first-order chi connectivity index (χ1) is 8.84. The molecule has 0 N–H and O–H groups in total. The number of benzene rings is 1. The zero-order valence-corrected chi connectivity index (χ0v) is 10.9. The van der Waals surface area contributed by atoms with Gasteiger partial charge in [0.05, 0.1) is 0 Å². The van der Waals surface area contributed by atoms with Crippen molar-refractivity contribution in [2.45, 2.75) is 19.3 Å². The monoisotopic (exact) mass is 254 g/mol. The van der Waals surface area contributed by atoms with Gasteiger partial charge in [-0.25, -0.2) is 0 Å². The normalized spacial score (nSPS) is 17.6. The zero-order chi connectivity index (χ0) is 12.4. The lowest BCUT2D eigenvalue weighted by atomic mass is 10.00. The molecule has 0 amide bonds. The van der Waals surface area contributed by atoms with Crippen molar-refractivity contribution in [3.8, 4) is 0 Å². The van der Waals surface area contributed by atoms with E-state index in [-0.39, 0.29) is 5.78 Å². The number of carbonyl (C=O) groups excluding carboxylic acids is 1. The molecule has 18 heavy (non-hydrogen) atoms. The molecule has 3 rings (SSSR count). The minimum Gasteiger partial charge on any atom is -0.289 e. The van der Waals surface area contributed by atoms with Crippen LogP contribution in [0.25, 0.3) is 6.08 Å². The molecule has 1 aliphatic carbocycles. The van der Waals surface area contributed by atoms with Crippen molar-refractivity contribution in [2.75, 3.05) is 0 Å². The maximum atomic E-state index is 12.5. The third-order valence-electron chi connectivity index (χ3n) is 3.31. The fraction of sp³-hybridized carbons (Fsp3) is 0.188. The maximum Gasteiger partial charge on any atom is 0.189 e. The van der Waals surface area contributed by atoms with Crippen LogP contribution in [0.3, 0.4) is 0 Å². The van der Waals surface area contributed by atoms with Crippen molar-refractivity contribution in [1.29, 1.82) is 0 Å². The SMILES string of the molecule is O=C1C(=Cc2cccs2)CCCc2ccccc21. The van der Waals surface area contributed by atoms with Crippen molar-refractivity contribution >= 4 is 23.2 Å². The number of thiophene rings is 1. The van der Waals surface area contributed by atoms with E-state index in [2.05, 4.69) is 18.2 Å². The van der Waals surface area contributed by atoms with E-state index in [1.807, 2.05) is 29.6 Å². The Bertz CT molecular complexity index is 593. The number of Topliss-reactive ketones (excluding diaryl/α,β-unsaturated/α-hetero) is 1. The lowest BCUT2D eigenvalue weighted by Crippen LogP contribution is -2.02. The van der Waals surface area contributed by atoms with Gasteiger partial charge in [0.2, 0.25) is 0 Å². The molecule has 0 atom stereocenters. The van der Waals surface area contributed by atoms with Crippen LogP contribution in [-0.4, -0.2) is 5.78 Å². The van der Waals surface area contributed by atoms with E-state index in [0.717, 1.165) is 35.3 Å². The minimum absolute atomic E-state index is 0.205. The summed E-state index contributed by atoms with van der Waals surface area (Å²) in [6.07, 6.45) is 4.99. The second-order valence-corrected chi connectivity index (χ2v) is 5.50. The summed E-state index contributed by atoms with van der Waals surface area (Å²) in [7, 11) is 0. The summed E-state index contributed by atoms with van der Waals surface area (Å²) in [6, 6.07) is 12.1. The van der Waals surface area contributed by atoms with Gasteiger partial charge in [-0.2, -0.15) is 0 Å². The Balaban J connectivity index is 2.02. The molecule has 0 radical (unpaired) electrons. The first kappa shape index (κ1) is 11.4. The van der Waals surface area contributed by atoms with Crippen molar-refractivity contribution in [2.24, 2.45) is 0 Å². The second-order valence-electron chi connectivity index (χ2n) is 4.52. The van der Waals surface area contributed by atoms with Crippen molar-refractivity contribution in [3.63, 3.8) is 0 Å². The largest absolute Gasteiger partial charge is 0.289 e. The molecule has 0 spiro atoms. The quantitative estimate of drug-likeness (QED) is 0.546. The standard InChI is InChI=1S/C16H14OS/c17-16-13(11-14-8-4-10-18-14)7-3-6-12-5-1-2-9-15(12)16/h1-2,4-5,8-11H,3,6-7H2. The molecule has 0 aliphatic heterocycles. The Labute approximate surface area is 111 Å². The maximum absolute atomic E-state index is 12.5. The summed E-state index contributed by atoms with van der Waals surface area (Å²) in [6.45, 7) is 0. The summed E-state index contributed by atoms with van der Waals surface area (Å²) in [5.74, 6) is 0.205. The molecule has 0 saturated heterocycles. The highest BCUT2D eigenvalue weighted by Crippen LogP contribution is 2.26. The van der Waals surface area contributed by atoms with Crippen LogP contribution in [0.5, 0.6) is 0 Å². The van der Waals surface area contributed by atoms with Gasteiger partial charge in [0.25, 0.3) is 0 Å². The minimum atomic E-state index is 0.205. The number of hydrogen-bond donors (Lipinski definition) is 0. The average molecular weight is 254 g/mol. The lowest BCUT2D eigenvalue weighted by molar-refractivity contribution is 0.103. The molecule has 2 heteroatoms. The predicted octanol–water partition coefficient (Wildman–Crippen LogP) is 4.35.